The Morgan fingerprint density at radius 1 is 1.32 bits per heavy atom. The zero-order chi connectivity index (χ0) is 21.3. The van der Waals surface area contributed by atoms with Crippen LogP contribution in [-0.2, 0) is 4.74 Å². The highest BCUT2D eigenvalue weighted by Gasteiger charge is 2.40. The summed E-state index contributed by atoms with van der Waals surface area (Å²) >= 11 is 1.02. The topological polar surface area (TPSA) is 91.0 Å². The van der Waals surface area contributed by atoms with E-state index in [9.17, 15) is 9.18 Å². The number of amidine groups is 1. The van der Waals surface area contributed by atoms with Gasteiger partial charge in [0.05, 0.1) is 18.2 Å². The number of carbonyl (C=O) groups excluding carboxylic acids is 1. The normalized spacial score (nSPS) is 18.4. The van der Waals surface area contributed by atoms with Gasteiger partial charge in [-0.3, -0.25) is 5.41 Å². The van der Waals surface area contributed by atoms with Crippen LogP contribution in [0, 0.1) is 11.2 Å². The summed E-state index contributed by atoms with van der Waals surface area (Å²) in [6, 6.07) is 4.17. The van der Waals surface area contributed by atoms with Crippen LogP contribution in [0.15, 0.2) is 18.2 Å². The molecule has 0 radical (unpaired) electrons. The molecular weight excluding hydrogens is 379 g/mol. The monoisotopic (exact) mass is 409 g/mol. The molecule has 0 bridgehead atoms. The summed E-state index contributed by atoms with van der Waals surface area (Å²) < 4.78 is 19.0. The molecule has 0 amide bonds. The van der Waals surface area contributed by atoms with Gasteiger partial charge in [0.15, 0.2) is 5.17 Å². The third kappa shape index (κ3) is 5.32. The molecule has 0 saturated carbocycles. The smallest absolute Gasteiger partial charge is 0.337 e. The minimum atomic E-state index is -0.618. The number of carbonyl (C=O) groups is 1. The fraction of sp³-hybridized carbons (Fsp3) is 0.550. The summed E-state index contributed by atoms with van der Waals surface area (Å²) in [5, 5.41) is 18.6. The number of hydrogen-bond acceptors (Lipinski definition) is 5. The summed E-state index contributed by atoms with van der Waals surface area (Å²) in [6.07, 6.45) is 1.77. The molecule has 28 heavy (non-hydrogen) atoms. The number of esters is 1. The van der Waals surface area contributed by atoms with E-state index in [1.54, 1.807) is 0 Å². The van der Waals surface area contributed by atoms with Gasteiger partial charge in [-0.2, -0.15) is 0 Å². The molecule has 0 aromatic heterocycles. The maximum absolute atomic E-state index is 14.4. The van der Waals surface area contributed by atoms with Gasteiger partial charge in [0.1, 0.15) is 5.82 Å². The van der Waals surface area contributed by atoms with Crippen LogP contribution in [-0.4, -0.2) is 52.4 Å². The van der Waals surface area contributed by atoms with Gasteiger partial charge in [0.25, 0.3) is 0 Å². The van der Waals surface area contributed by atoms with Crippen LogP contribution in [0.3, 0.4) is 0 Å². The molecule has 4 N–H and O–H groups in total. The number of nitrogens with zero attached hydrogens (tertiary/aromatic N) is 1. The van der Waals surface area contributed by atoms with Gasteiger partial charge in [-0.15, -0.1) is 0 Å². The molecule has 6 nitrogen and oxygen atoms in total. The molecular formula is C20H30FN4O2S+. The molecule has 1 aromatic rings. The van der Waals surface area contributed by atoms with Crippen molar-refractivity contribution in [3.8, 4) is 0 Å². The second-order valence-electron chi connectivity index (χ2n) is 8.52. The van der Waals surface area contributed by atoms with E-state index in [0.29, 0.717) is 0 Å². The van der Waals surface area contributed by atoms with Crippen molar-refractivity contribution < 1.29 is 19.3 Å². The molecule has 2 rings (SSSR count). The van der Waals surface area contributed by atoms with Gasteiger partial charge in [0.2, 0.25) is 5.04 Å². The Labute approximate surface area is 170 Å². The van der Waals surface area contributed by atoms with Crippen LogP contribution in [0.1, 0.15) is 56.5 Å². The van der Waals surface area contributed by atoms with Gasteiger partial charge in [0, 0.05) is 35.9 Å². The first-order valence-electron chi connectivity index (χ1n) is 9.14. The third-order valence-corrected chi connectivity index (χ3v) is 5.82. The number of hydrogen-bond donors (Lipinski definition) is 3. The number of methoxy groups -OCH3 is 1. The standard InChI is InChI=1S/C20H29FN4O2S/c1-19(2)10-13(11-20(3,4)24-19)25(5)18(23)28-16(22)14-8-7-12(9-15(14)21)17(26)27-6/h7-9,13,22-24H,10-11H2,1-6H3/p+1. The molecule has 1 aliphatic heterocycles. The summed E-state index contributed by atoms with van der Waals surface area (Å²) in [5.74, 6) is -1.23. The molecule has 1 aromatic carbocycles. The van der Waals surface area contributed by atoms with Crippen molar-refractivity contribution in [1.82, 2.24) is 10.2 Å². The Morgan fingerprint density at radius 2 is 1.89 bits per heavy atom. The van der Waals surface area contributed by atoms with Crippen molar-refractivity contribution in [1.29, 1.82) is 5.41 Å². The predicted molar refractivity (Wildman–Crippen MR) is 111 cm³/mol. The van der Waals surface area contributed by atoms with Gasteiger partial charge >= 0.3 is 5.97 Å². The number of benzene rings is 1. The first-order chi connectivity index (χ1) is 12.8. The fourth-order valence-corrected chi connectivity index (χ4v) is 4.68. The average molecular weight is 410 g/mol. The lowest BCUT2D eigenvalue weighted by molar-refractivity contribution is -0.107. The van der Waals surface area contributed by atoms with E-state index in [4.69, 9.17) is 10.8 Å². The SMILES string of the molecule is COC(=O)c1ccc(C(=[NH2+])SC(=N)N(C)C2CC(C)(C)NC(C)(C)C2)c(F)c1. The van der Waals surface area contributed by atoms with Gasteiger partial charge in [-0.05, 0) is 58.7 Å². The van der Waals surface area contributed by atoms with E-state index in [1.807, 2.05) is 11.9 Å². The molecule has 1 heterocycles. The summed E-state index contributed by atoms with van der Waals surface area (Å²) in [6.45, 7) is 8.63. The van der Waals surface area contributed by atoms with E-state index in [1.165, 1.54) is 19.2 Å². The number of ether oxygens (including phenoxy) is 1. The lowest BCUT2D eigenvalue weighted by Gasteiger charge is -2.49. The molecule has 1 saturated heterocycles. The Morgan fingerprint density at radius 3 is 2.39 bits per heavy atom. The Bertz CT molecular complexity index is 778. The van der Waals surface area contributed by atoms with E-state index in [-0.39, 0.29) is 38.5 Å². The molecule has 0 unspecified atom stereocenters. The molecule has 0 aliphatic carbocycles. The van der Waals surface area contributed by atoms with Crippen molar-refractivity contribution in [3.05, 3.63) is 35.1 Å². The molecule has 0 spiro atoms. The zero-order valence-corrected chi connectivity index (χ0v) is 18.2. The largest absolute Gasteiger partial charge is 0.465 e. The second-order valence-corrected chi connectivity index (χ2v) is 9.55. The fourth-order valence-electron chi connectivity index (χ4n) is 3.90. The minimum absolute atomic E-state index is 0.0449. The van der Waals surface area contributed by atoms with Gasteiger partial charge in [-0.25, -0.2) is 14.6 Å². The van der Waals surface area contributed by atoms with Crippen molar-refractivity contribution in [2.75, 3.05) is 14.2 Å². The quantitative estimate of drug-likeness (QED) is 0.404. The van der Waals surface area contributed by atoms with Crippen molar-refractivity contribution in [3.63, 3.8) is 0 Å². The number of nitrogens with one attached hydrogen (secondary N) is 2. The van der Waals surface area contributed by atoms with Crippen molar-refractivity contribution in [2.45, 2.75) is 57.7 Å². The molecule has 1 fully saturated rings. The number of rotatable bonds is 3. The van der Waals surface area contributed by atoms with Crippen LogP contribution in [0.5, 0.6) is 0 Å². The Balaban J connectivity index is 2.09. The highest BCUT2D eigenvalue weighted by atomic mass is 32.2. The Kier molecular flexibility index (Phi) is 6.55. The molecule has 8 heteroatoms. The van der Waals surface area contributed by atoms with Gasteiger partial charge in [-0.1, -0.05) is 0 Å². The highest BCUT2D eigenvalue weighted by molar-refractivity contribution is 8.26. The first kappa shape index (κ1) is 22.4. The van der Waals surface area contributed by atoms with Crippen LogP contribution in [0.2, 0.25) is 0 Å². The lowest BCUT2D eigenvalue weighted by Crippen LogP contribution is -2.62. The number of nitrogens with two attached hydrogens (primary N) is 1. The number of halogens is 1. The van der Waals surface area contributed by atoms with E-state index in [0.717, 1.165) is 30.7 Å². The lowest BCUT2D eigenvalue weighted by atomic mass is 9.79. The number of piperidine rings is 1. The second kappa shape index (κ2) is 8.21. The highest BCUT2D eigenvalue weighted by Crippen LogP contribution is 2.32. The zero-order valence-electron chi connectivity index (χ0n) is 17.4. The average Bonchev–Trinajstić information content (AvgIpc) is 2.57. The van der Waals surface area contributed by atoms with E-state index >= 15 is 0 Å². The van der Waals surface area contributed by atoms with Crippen LogP contribution >= 0.6 is 11.8 Å². The van der Waals surface area contributed by atoms with E-state index in [2.05, 4.69) is 37.7 Å². The maximum atomic E-state index is 14.4. The maximum Gasteiger partial charge on any atom is 0.337 e. The predicted octanol–water partition coefficient (Wildman–Crippen LogP) is 2.03. The summed E-state index contributed by atoms with van der Waals surface area (Å²) in [7, 11) is 3.12. The van der Waals surface area contributed by atoms with Gasteiger partial charge < -0.3 is 15.0 Å². The van der Waals surface area contributed by atoms with Crippen LogP contribution in [0.25, 0.3) is 0 Å². The summed E-state index contributed by atoms with van der Waals surface area (Å²) in [4.78, 5) is 13.4. The summed E-state index contributed by atoms with van der Waals surface area (Å²) in [5.41, 5.74) is 0.197. The third-order valence-electron chi connectivity index (χ3n) is 4.90. The molecule has 0 atom stereocenters. The van der Waals surface area contributed by atoms with Crippen LogP contribution in [0.4, 0.5) is 4.39 Å². The van der Waals surface area contributed by atoms with E-state index < -0.39 is 11.8 Å². The molecule has 154 valence electrons. The first-order valence-corrected chi connectivity index (χ1v) is 9.96. The Hall–Kier alpha value is -1.93. The van der Waals surface area contributed by atoms with Crippen molar-refractivity contribution in [2.24, 2.45) is 0 Å². The number of thioether (sulfide) groups is 1. The van der Waals surface area contributed by atoms with Crippen LogP contribution < -0.4 is 10.7 Å². The molecule has 1 aliphatic rings. The van der Waals surface area contributed by atoms with Crippen molar-refractivity contribution >= 4 is 27.9 Å². The minimum Gasteiger partial charge on any atom is -0.465 e.